The standard InChI is InChI=1S/C76H72N2/c1-9-49-37-50(10-2)40-65(39-49)77(63-31-29-53(13-5)55(15-7)45-63)73-47-71(61-27-25-57-21-17-19-23-59(57)43-61)67-34-36-70-74(78(64-32-30-54(14-6)56(16-8)46-64)66-41-51(11-3)38-52(12-4)42-66)48-72(68-33-35-69(73)75(67)76(68)70)62-28-26-58-22-18-20-24-60(58)44-62/h17-48H,9-16H2,1-8H3. The van der Waals surface area contributed by atoms with Crippen LogP contribution < -0.4 is 9.80 Å². The summed E-state index contributed by atoms with van der Waals surface area (Å²) >= 11 is 0. The average molecular weight is 1010 g/mol. The Labute approximate surface area is 463 Å². The third-order valence-electron chi connectivity index (χ3n) is 17.1. The minimum absolute atomic E-state index is 0.961. The molecule has 2 heteroatoms. The normalized spacial score (nSPS) is 11.7. The summed E-state index contributed by atoms with van der Waals surface area (Å²) < 4.78 is 0. The van der Waals surface area contributed by atoms with Gasteiger partial charge in [-0.1, -0.05) is 177 Å². The molecule has 0 atom stereocenters. The third-order valence-corrected chi connectivity index (χ3v) is 17.1. The zero-order chi connectivity index (χ0) is 53.6. The number of anilines is 6. The van der Waals surface area contributed by atoms with Crippen LogP contribution in [0.1, 0.15) is 99.9 Å². The van der Waals surface area contributed by atoms with Crippen molar-refractivity contribution in [1.29, 1.82) is 0 Å². The maximum absolute atomic E-state index is 2.61. The quantitative estimate of drug-likeness (QED) is 0.0890. The van der Waals surface area contributed by atoms with Crippen LogP contribution >= 0.6 is 0 Å². The van der Waals surface area contributed by atoms with Crippen LogP contribution in [0.3, 0.4) is 0 Å². The van der Waals surface area contributed by atoms with Gasteiger partial charge in [-0.25, -0.2) is 0 Å². The van der Waals surface area contributed by atoms with Gasteiger partial charge in [-0.3, -0.25) is 0 Å². The van der Waals surface area contributed by atoms with Crippen LogP contribution in [0.5, 0.6) is 0 Å². The van der Waals surface area contributed by atoms with E-state index >= 15 is 0 Å². The third kappa shape index (κ3) is 8.96. The van der Waals surface area contributed by atoms with Crippen molar-refractivity contribution in [3.63, 3.8) is 0 Å². The van der Waals surface area contributed by atoms with Gasteiger partial charge in [0.1, 0.15) is 0 Å². The molecule has 0 saturated heterocycles. The smallest absolute Gasteiger partial charge is 0.0546 e. The molecule has 0 N–H and O–H groups in total. The summed E-state index contributed by atoms with van der Waals surface area (Å²) in [5, 5.41) is 12.5. The highest BCUT2D eigenvalue weighted by Crippen LogP contribution is 2.53. The Balaban J connectivity index is 1.27. The molecular weight excluding hydrogens is 941 g/mol. The predicted molar refractivity (Wildman–Crippen MR) is 340 cm³/mol. The predicted octanol–water partition coefficient (Wildman–Crippen LogP) is 21.7. The van der Waals surface area contributed by atoms with Gasteiger partial charge in [0.05, 0.1) is 11.4 Å². The van der Waals surface area contributed by atoms with Crippen LogP contribution in [0.15, 0.2) is 194 Å². The van der Waals surface area contributed by atoms with E-state index in [9.17, 15) is 0 Å². The Hall–Kier alpha value is -8.20. The van der Waals surface area contributed by atoms with E-state index in [0.717, 1.165) is 51.4 Å². The molecule has 12 aromatic rings. The largest absolute Gasteiger partial charge is 0.310 e. The van der Waals surface area contributed by atoms with Crippen molar-refractivity contribution in [2.45, 2.75) is 107 Å². The Kier molecular flexibility index (Phi) is 13.8. The zero-order valence-corrected chi connectivity index (χ0v) is 47.0. The van der Waals surface area contributed by atoms with Crippen LogP contribution in [-0.2, 0) is 51.4 Å². The summed E-state index contributed by atoms with van der Waals surface area (Å²) in [5.74, 6) is 0. The van der Waals surface area contributed by atoms with E-state index in [1.54, 1.807) is 0 Å². The highest BCUT2D eigenvalue weighted by molar-refractivity contribution is 6.32. The van der Waals surface area contributed by atoms with Crippen molar-refractivity contribution in [1.82, 2.24) is 0 Å². The van der Waals surface area contributed by atoms with E-state index < -0.39 is 0 Å². The fraction of sp³-hybridized carbons (Fsp3) is 0.211. The first kappa shape index (κ1) is 50.6. The highest BCUT2D eigenvalue weighted by Gasteiger charge is 2.27. The zero-order valence-electron chi connectivity index (χ0n) is 47.0. The maximum Gasteiger partial charge on any atom is 0.0546 e. The van der Waals surface area contributed by atoms with E-state index in [4.69, 9.17) is 0 Å². The van der Waals surface area contributed by atoms with Gasteiger partial charge < -0.3 is 9.80 Å². The van der Waals surface area contributed by atoms with E-state index in [0.29, 0.717) is 0 Å². The lowest BCUT2D eigenvalue weighted by Gasteiger charge is -2.32. The maximum atomic E-state index is 2.61. The second kappa shape index (κ2) is 21.3. The molecule has 0 heterocycles. The van der Waals surface area contributed by atoms with Crippen LogP contribution in [0.2, 0.25) is 0 Å². The Morgan fingerprint density at radius 1 is 0.256 bits per heavy atom. The van der Waals surface area contributed by atoms with E-state index in [1.807, 2.05) is 0 Å². The minimum atomic E-state index is 0.961. The molecule has 2 nitrogen and oxygen atoms in total. The molecule has 386 valence electrons. The summed E-state index contributed by atoms with van der Waals surface area (Å²) in [4.78, 5) is 5.21. The lowest BCUT2D eigenvalue weighted by Crippen LogP contribution is -2.14. The lowest BCUT2D eigenvalue weighted by molar-refractivity contribution is 1.03. The molecule has 0 unspecified atom stereocenters. The van der Waals surface area contributed by atoms with Gasteiger partial charge in [0.25, 0.3) is 0 Å². The number of hydrogen-bond donors (Lipinski definition) is 0. The van der Waals surface area contributed by atoms with E-state index in [2.05, 4.69) is 259 Å². The van der Waals surface area contributed by atoms with Gasteiger partial charge >= 0.3 is 0 Å². The van der Waals surface area contributed by atoms with Gasteiger partial charge in [0.15, 0.2) is 0 Å². The molecule has 12 aromatic carbocycles. The molecule has 0 saturated carbocycles. The molecule has 0 fully saturated rings. The van der Waals surface area contributed by atoms with Crippen molar-refractivity contribution in [3.05, 3.63) is 239 Å². The Morgan fingerprint density at radius 3 is 0.974 bits per heavy atom. The van der Waals surface area contributed by atoms with Crippen molar-refractivity contribution in [2.75, 3.05) is 9.80 Å². The molecule has 78 heavy (non-hydrogen) atoms. The van der Waals surface area contributed by atoms with Gasteiger partial charge in [0.2, 0.25) is 0 Å². The molecule has 0 bridgehead atoms. The first-order valence-corrected chi connectivity index (χ1v) is 29.1. The Morgan fingerprint density at radius 2 is 0.615 bits per heavy atom. The number of nitrogens with zero attached hydrogens (tertiary/aromatic N) is 2. The van der Waals surface area contributed by atoms with Crippen LogP contribution in [0, 0.1) is 0 Å². The first-order valence-electron chi connectivity index (χ1n) is 29.1. The van der Waals surface area contributed by atoms with Crippen LogP contribution in [-0.4, -0.2) is 0 Å². The van der Waals surface area contributed by atoms with Crippen molar-refractivity contribution >= 4 is 88.0 Å². The van der Waals surface area contributed by atoms with E-state index in [1.165, 1.54) is 155 Å². The van der Waals surface area contributed by atoms with Crippen molar-refractivity contribution in [3.8, 4) is 22.3 Å². The second-order valence-corrected chi connectivity index (χ2v) is 21.5. The monoisotopic (exact) mass is 1010 g/mol. The first-order chi connectivity index (χ1) is 38.3. The van der Waals surface area contributed by atoms with Gasteiger partial charge in [0, 0.05) is 44.3 Å². The molecule has 0 amide bonds. The number of aryl methyl sites for hydroxylation is 8. The fourth-order valence-corrected chi connectivity index (χ4v) is 12.8. The fourth-order valence-electron chi connectivity index (χ4n) is 12.8. The van der Waals surface area contributed by atoms with Gasteiger partial charge in [-0.05, 0) is 223 Å². The number of rotatable bonds is 16. The average Bonchev–Trinajstić information content (AvgIpc) is 2.95. The minimum Gasteiger partial charge on any atom is -0.310 e. The molecule has 0 aliphatic heterocycles. The molecule has 0 aromatic heterocycles. The number of hydrogen-bond acceptors (Lipinski definition) is 2. The van der Waals surface area contributed by atoms with Crippen LogP contribution in [0.4, 0.5) is 34.1 Å². The molecule has 0 aliphatic carbocycles. The topological polar surface area (TPSA) is 6.48 Å². The molecule has 12 rings (SSSR count). The number of benzene rings is 12. The van der Waals surface area contributed by atoms with Crippen molar-refractivity contribution < 1.29 is 0 Å². The van der Waals surface area contributed by atoms with Crippen LogP contribution in [0.25, 0.3) is 76.1 Å². The summed E-state index contributed by atoms with van der Waals surface area (Å²) in [6.07, 6.45) is 7.80. The lowest BCUT2D eigenvalue weighted by atomic mass is 9.84. The summed E-state index contributed by atoms with van der Waals surface area (Å²) in [6.45, 7) is 18.3. The molecule has 0 aliphatic rings. The summed E-state index contributed by atoms with van der Waals surface area (Å²) in [7, 11) is 0. The highest BCUT2D eigenvalue weighted by atomic mass is 15.2. The summed E-state index contributed by atoms with van der Waals surface area (Å²) in [6, 6.07) is 75.7. The summed E-state index contributed by atoms with van der Waals surface area (Å²) in [5.41, 5.74) is 23.0. The Bertz CT molecular complexity index is 3900. The SMILES string of the molecule is CCc1cc(CC)cc(N(c2ccc(CC)c(CC)c2)c2cc(-c3ccc4ccccc4c3)c3ccc4c(N(c5cc(CC)cc(CC)c5)c5ccc(CC)c(CC)c5)cc(-c5ccc6ccccc6c5)c5ccc2c3c54)c1. The van der Waals surface area contributed by atoms with Gasteiger partial charge in [-0.2, -0.15) is 0 Å². The second-order valence-electron chi connectivity index (χ2n) is 21.5. The van der Waals surface area contributed by atoms with Crippen molar-refractivity contribution in [2.24, 2.45) is 0 Å². The van der Waals surface area contributed by atoms with Gasteiger partial charge in [-0.15, -0.1) is 0 Å². The molecule has 0 radical (unpaired) electrons. The molecule has 0 spiro atoms. The molecular formula is C76H72N2. The van der Waals surface area contributed by atoms with E-state index in [-0.39, 0.29) is 0 Å². The number of fused-ring (bicyclic) bond motifs is 2.